The van der Waals surface area contributed by atoms with Gasteiger partial charge in [0.25, 0.3) is 0 Å². The Kier molecular flexibility index (Phi) is 7.58. The molecule has 3 aromatic heterocycles. The highest BCUT2D eigenvalue weighted by molar-refractivity contribution is 5.88. The lowest BCUT2D eigenvalue weighted by molar-refractivity contribution is 0.127. The predicted octanol–water partition coefficient (Wildman–Crippen LogP) is 5.40. The number of anilines is 2. The van der Waals surface area contributed by atoms with Gasteiger partial charge in [-0.2, -0.15) is 4.98 Å². The highest BCUT2D eigenvalue weighted by Gasteiger charge is 2.29. The van der Waals surface area contributed by atoms with Gasteiger partial charge in [0.05, 0.1) is 30.7 Å². The number of rotatable bonds is 10. The number of amides is 1. The second-order valence-electron chi connectivity index (χ2n) is 10.6. The van der Waals surface area contributed by atoms with E-state index in [4.69, 9.17) is 23.9 Å². The molecule has 204 valence electrons. The molecule has 0 spiro atoms. The minimum Gasteiger partial charge on any atom is -0.478 e. The topological polar surface area (TPSA) is 115 Å². The maximum Gasteiger partial charge on any atom is 0.409 e. The standard InChI is InChI=1S/C28H38N6O4/c1-6-37-23-13-20-12-22(38-25(20)17(3)30-23)24-16(2)31-27(29-14-18-7-8-18)33-26(24)32-21-10-9-19(11-21)15-34(4)28(35)36-5/h12-13,18-19,21H,6-11,14-15H2,1-5H3,(H2,29,31,32,33). The fourth-order valence-electron chi connectivity index (χ4n) is 5.31. The highest BCUT2D eigenvalue weighted by Crippen LogP contribution is 2.38. The Morgan fingerprint density at radius 2 is 1.89 bits per heavy atom. The van der Waals surface area contributed by atoms with Crippen molar-refractivity contribution in [1.29, 1.82) is 0 Å². The molecule has 2 atom stereocenters. The van der Waals surface area contributed by atoms with Gasteiger partial charge in [-0.05, 0) is 70.8 Å². The molecule has 2 N–H and O–H groups in total. The Balaban J connectivity index is 1.43. The first kappa shape index (κ1) is 26.1. The van der Waals surface area contributed by atoms with Crippen LogP contribution in [-0.2, 0) is 4.74 Å². The normalized spacial score (nSPS) is 19.0. The molecule has 0 aromatic carbocycles. The van der Waals surface area contributed by atoms with Crippen molar-refractivity contribution in [1.82, 2.24) is 19.9 Å². The van der Waals surface area contributed by atoms with Gasteiger partial charge in [-0.1, -0.05) is 0 Å². The van der Waals surface area contributed by atoms with E-state index in [-0.39, 0.29) is 12.1 Å². The third-order valence-electron chi connectivity index (χ3n) is 7.42. The Bertz CT molecular complexity index is 1300. The second-order valence-corrected chi connectivity index (χ2v) is 10.6. The van der Waals surface area contributed by atoms with Crippen LogP contribution in [0.5, 0.6) is 5.88 Å². The van der Waals surface area contributed by atoms with Crippen LogP contribution in [0.4, 0.5) is 16.6 Å². The van der Waals surface area contributed by atoms with E-state index in [0.29, 0.717) is 42.6 Å². The number of carbonyl (C=O) groups is 1. The molecule has 0 aliphatic heterocycles. The molecule has 0 bridgehead atoms. The molecule has 2 saturated carbocycles. The van der Waals surface area contributed by atoms with Gasteiger partial charge in [0.1, 0.15) is 11.6 Å². The number of hydrogen-bond acceptors (Lipinski definition) is 9. The van der Waals surface area contributed by atoms with Crippen LogP contribution >= 0.6 is 0 Å². The number of hydrogen-bond donors (Lipinski definition) is 2. The monoisotopic (exact) mass is 522 g/mol. The number of pyridine rings is 1. The van der Waals surface area contributed by atoms with Crippen LogP contribution in [0.1, 0.15) is 50.4 Å². The summed E-state index contributed by atoms with van der Waals surface area (Å²) in [5, 5.41) is 8.06. The zero-order chi connectivity index (χ0) is 26.8. The van der Waals surface area contributed by atoms with E-state index in [9.17, 15) is 4.79 Å². The molecule has 2 aliphatic carbocycles. The predicted molar refractivity (Wildman–Crippen MR) is 147 cm³/mol. The van der Waals surface area contributed by atoms with Crippen molar-refractivity contribution >= 4 is 28.8 Å². The summed E-state index contributed by atoms with van der Waals surface area (Å²) in [5.41, 5.74) is 3.21. The van der Waals surface area contributed by atoms with E-state index >= 15 is 0 Å². The SMILES string of the molecule is CCOc1cc2cc(-c3c(C)nc(NCC4CC4)nc3NC3CCC(CN(C)C(=O)OC)C3)oc2c(C)n1. The van der Waals surface area contributed by atoms with E-state index in [2.05, 4.69) is 15.6 Å². The van der Waals surface area contributed by atoms with Gasteiger partial charge in [-0.3, -0.25) is 0 Å². The number of furan rings is 1. The maximum absolute atomic E-state index is 11.9. The van der Waals surface area contributed by atoms with E-state index in [0.717, 1.165) is 59.5 Å². The van der Waals surface area contributed by atoms with Gasteiger partial charge < -0.3 is 29.4 Å². The van der Waals surface area contributed by atoms with E-state index in [1.54, 1.807) is 11.9 Å². The Hall–Kier alpha value is -3.56. The zero-order valence-corrected chi connectivity index (χ0v) is 23.0. The zero-order valence-electron chi connectivity index (χ0n) is 23.0. The summed E-state index contributed by atoms with van der Waals surface area (Å²) in [6.07, 6.45) is 5.18. The van der Waals surface area contributed by atoms with Crippen molar-refractivity contribution in [2.45, 2.75) is 58.9 Å². The summed E-state index contributed by atoms with van der Waals surface area (Å²) in [6, 6.07) is 4.16. The number of methoxy groups -OCH3 is 1. The molecular formula is C28H38N6O4. The largest absolute Gasteiger partial charge is 0.478 e. The summed E-state index contributed by atoms with van der Waals surface area (Å²) < 4.78 is 16.8. The summed E-state index contributed by atoms with van der Waals surface area (Å²) in [4.78, 5) is 27.7. The van der Waals surface area contributed by atoms with Gasteiger partial charge in [0, 0.05) is 37.6 Å². The number of carbonyl (C=O) groups excluding carboxylic acids is 1. The summed E-state index contributed by atoms with van der Waals surface area (Å²) in [6.45, 7) is 7.98. The van der Waals surface area contributed by atoms with E-state index in [1.165, 1.54) is 20.0 Å². The maximum atomic E-state index is 11.9. The third kappa shape index (κ3) is 5.79. The number of ether oxygens (including phenoxy) is 2. The minimum absolute atomic E-state index is 0.229. The smallest absolute Gasteiger partial charge is 0.409 e. The third-order valence-corrected chi connectivity index (χ3v) is 7.42. The van der Waals surface area contributed by atoms with Gasteiger partial charge in [-0.25, -0.2) is 14.8 Å². The van der Waals surface area contributed by atoms with Crippen molar-refractivity contribution in [2.75, 3.05) is 44.5 Å². The molecule has 0 radical (unpaired) electrons. The molecule has 2 fully saturated rings. The van der Waals surface area contributed by atoms with Crippen molar-refractivity contribution in [3.05, 3.63) is 23.5 Å². The molecule has 38 heavy (non-hydrogen) atoms. The Labute approximate surface area is 223 Å². The molecule has 10 nitrogen and oxygen atoms in total. The van der Waals surface area contributed by atoms with Crippen LogP contribution in [0, 0.1) is 25.7 Å². The van der Waals surface area contributed by atoms with Gasteiger partial charge in [-0.15, -0.1) is 0 Å². The van der Waals surface area contributed by atoms with Crippen LogP contribution in [0.15, 0.2) is 16.5 Å². The molecular weight excluding hydrogens is 484 g/mol. The molecule has 1 amide bonds. The lowest BCUT2D eigenvalue weighted by Gasteiger charge is -2.21. The Morgan fingerprint density at radius 3 is 2.63 bits per heavy atom. The minimum atomic E-state index is -0.302. The van der Waals surface area contributed by atoms with Gasteiger partial charge in [0.2, 0.25) is 11.8 Å². The van der Waals surface area contributed by atoms with E-state index in [1.807, 2.05) is 32.9 Å². The lowest BCUT2D eigenvalue weighted by atomic mass is 10.1. The van der Waals surface area contributed by atoms with Crippen molar-refractivity contribution in [3.8, 4) is 17.2 Å². The van der Waals surface area contributed by atoms with E-state index < -0.39 is 0 Å². The molecule has 10 heteroatoms. The Morgan fingerprint density at radius 1 is 1.11 bits per heavy atom. The fourth-order valence-corrected chi connectivity index (χ4v) is 5.31. The molecule has 0 saturated heterocycles. The number of fused-ring (bicyclic) bond motifs is 1. The van der Waals surface area contributed by atoms with Gasteiger partial charge in [0.15, 0.2) is 5.58 Å². The average Bonchev–Trinajstić information content (AvgIpc) is 3.46. The van der Waals surface area contributed by atoms with Crippen LogP contribution in [0.25, 0.3) is 22.3 Å². The average molecular weight is 523 g/mol. The fraction of sp³-hybridized carbons (Fsp3) is 0.571. The van der Waals surface area contributed by atoms with Crippen molar-refractivity contribution in [2.24, 2.45) is 11.8 Å². The van der Waals surface area contributed by atoms with Crippen molar-refractivity contribution in [3.63, 3.8) is 0 Å². The number of aromatic nitrogens is 3. The van der Waals surface area contributed by atoms with Gasteiger partial charge >= 0.3 is 6.09 Å². The lowest BCUT2D eigenvalue weighted by Crippen LogP contribution is -2.31. The molecule has 2 unspecified atom stereocenters. The number of aryl methyl sites for hydroxylation is 2. The van der Waals surface area contributed by atoms with Crippen molar-refractivity contribution < 1.29 is 18.7 Å². The first-order valence-electron chi connectivity index (χ1n) is 13.6. The summed E-state index contributed by atoms with van der Waals surface area (Å²) in [5.74, 6) is 3.79. The highest BCUT2D eigenvalue weighted by atomic mass is 16.5. The molecule has 3 aromatic rings. The number of nitrogens with one attached hydrogen (secondary N) is 2. The van der Waals surface area contributed by atoms with Crippen LogP contribution in [-0.4, -0.2) is 65.8 Å². The van der Waals surface area contributed by atoms with Crippen LogP contribution < -0.4 is 15.4 Å². The number of nitrogens with zero attached hydrogens (tertiary/aromatic N) is 4. The summed E-state index contributed by atoms with van der Waals surface area (Å²) >= 11 is 0. The first-order chi connectivity index (χ1) is 18.3. The van der Waals surface area contributed by atoms with Crippen LogP contribution in [0.3, 0.4) is 0 Å². The quantitative estimate of drug-likeness (QED) is 0.361. The summed E-state index contributed by atoms with van der Waals surface area (Å²) in [7, 11) is 3.20. The van der Waals surface area contributed by atoms with Crippen LogP contribution in [0.2, 0.25) is 0 Å². The molecule has 2 aliphatic rings. The molecule has 3 heterocycles. The molecule has 5 rings (SSSR count). The first-order valence-corrected chi connectivity index (χ1v) is 13.6. The second kappa shape index (κ2) is 11.0.